The number of nitrogens with two attached hydrogens (primary N) is 2. The summed E-state index contributed by atoms with van der Waals surface area (Å²) in [7, 11) is 0. The second-order valence-corrected chi connectivity index (χ2v) is 4.60. The summed E-state index contributed by atoms with van der Waals surface area (Å²) in [5.41, 5.74) is 12.6. The predicted octanol–water partition coefficient (Wildman–Crippen LogP) is 2.21. The van der Waals surface area contributed by atoms with E-state index in [0.717, 1.165) is 0 Å². The van der Waals surface area contributed by atoms with E-state index < -0.39 is 5.82 Å². The first-order valence-corrected chi connectivity index (χ1v) is 6.39. The first-order valence-electron chi connectivity index (χ1n) is 6.39. The Balaban J connectivity index is 2.14. The molecule has 22 heavy (non-hydrogen) atoms. The van der Waals surface area contributed by atoms with E-state index in [0.29, 0.717) is 17.1 Å². The van der Waals surface area contributed by atoms with Crippen LogP contribution in [0.15, 0.2) is 42.6 Å². The zero-order valence-corrected chi connectivity index (χ0v) is 11.4. The van der Waals surface area contributed by atoms with Crippen LogP contribution in [0.3, 0.4) is 0 Å². The highest BCUT2D eigenvalue weighted by Gasteiger charge is 2.13. The fraction of sp³-hybridized carbons (Fsp3) is 0. The number of nitrogen functional groups attached to an aromatic ring is 2. The predicted molar refractivity (Wildman–Crippen MR) is 81.1 cm³/mol. The fourth-order valence-electron chi connectivity index (χ4n) is 2.04. The minimum atomic E-state index is -0.494. The summed E-state index contributed by atoms with van der Waals surface area (Å²) in [5, 5.41) is 9.96. The van der Waals surface area contributed by atoms with E-state index >= 15 is 0 Å². The van der Waals surface area contributed by atoms with Crippen molar-refractivity contribution in [2.45, 2.75) is 0 Å². The molecule has 0 radical (unpaired) electrons. The number of benzene rings is 1. The Kier molecular flexibility index (Phi) is 3.30. The number of hydrogen-bond donors (Lipinski definition) is 3. The molecule has 0 aliphatic carbocycles. The molecule has 0 aliphatic heterocycles. The molecule has 1 aromatic carbocycles. The summed E-state index contributed by atoms with van der Waals surface area (Å²) in [6, 6.07) is 8.81. The molecule has 2 heterocycles. The van der Waals surface area contributed by atoms with Gasteiger partial charge in [0.1, 0.15) is 17.3 Å². The van der Waals surface area contributed by atoms with Gasteiger partial charge in [0.25, 0.3) is 0 Å². The summed E-state index contributed by atoms with van der Waals surface area (Å²) in [4.78, 5) is 12.1. The zero-order valence-electron chi connectivity index (χ0n) is 11.4. The van der Waals surface area contributed by atoms with Crippen molar-refractivity contribution in [3.63, 3.8) is 0 Å². The van der Waals surface area contributed by atoms with Crippen molar-refractivity contribution < 1.29 is 9.50 Å². The van der Waals surface area contributed by atoms with Gasteiger partial charge in [-0.15, -0.1) is 0 Å². The lowest BCUT2D eigenvalue weighted by molar-refractivity contribution is 0.475. The maximum Gasteiger partial charge on any atom is 0.220 e. The number of aromatic hydroxyl groups is 1. The number of pyridine rings is 1. The number of halogens is 1. The topological polar surface area (TPSA) is 111 Å². The van der Waals surface area contributed by atoms with Crippen LogP contribution in [0.25, 0.3) is 22.6 Å². The largest absolute Gasteiger partial charge is 0.506 e. The number of rotatable bonds is 2. The molecule has 0 spiro atoms. The maximum absolute atomic E-state index is 14.0. The molecule has 0 aliphatic rings. The molecule has 2 aromatic heterocycles. The van der Waals surface area contributed by atoms with Gasteiger partial charge in [0.15, 0.2) is 0 Å². The van der Waals surface area contributed by atoms with Crippen molar-refractivity contribution in [2.75, 3.05) is 11.5 Å². The van der Waals surface area contributed by atoms with Gasteiger partial charge in [-0.3, -0.25) is 0 Å². The molecular formula is C15H12FN5O. The van der Waals surface area contributed by atoms with Gasteiger partial charge in [-0.25, -0.2) is 19.3 Å². The van der Waals surface area contributed by atoms with E-state index in [4.69, 9.17) is 11.5 Å². The van der Waals surface area contributed by atoms with Gasteiger partial charge < -0.3 is 16.6 Å². The van der Waals surface area contributed by atoms with Crippen LogP contribution in [0.1, 0.15) is 0 Å². The molecule has 0 unspecified atom stereocenters. The second kappa shape index (κ2) is 5.28. The molecular weight excluding hydrogens is 285 g/mol. The Morgan fingerprint density at radius 3 is 2.50 bits per heavy atom. The number of anilines is 2. The van der Waals surface area contributed by atoms with Crippen molar-refractivity contribution in [1.29, 1.82) is 0 Å². The standard InChI is InChI=1S/C15H12FN5O/c16-10-7-8(17)1-2-9(10)11-3-4-13(22)14(20-11)12-5-6-19-15(18)21-12/h1-7,22H,17H2,(H2,18,19,21). The van der Waals surface area contributed by atoms with Crippen molar-refractivity contribution in [2.24, 2.45) is 0 Å². The van der Waals surface area contributed by atoms with Gasteiger partial charge in [-0.05, 0) is 36.4 Å². The van der Waals surface area contributed by atoms with Crippen molar-refractivity contribution in [1.82, 2.24) is 15.0 Å². The molecule has 3 rings (SSSR count). The van der Waals surface area contributed by atoms with Crippen molar-refractivity contribution in [3.8, 4) is 28.4 Å². The van der Waals surface area contributed by atoms with Gasteiger partial charge in [0.2, 0.25) is 5.95 Å². The SMILES string of the molecule is Nc1ccc(-c2ccc(O)c(-c3ccnc(N)n3)n2)c(F)c1. The summed E-state index contributed by atoms with van der Waals surface area (Å²) in [6.45, 7) is 0. The third-order valence-electron chi connectivity index (χ3n) is 3.06. The van der Waals surface area contributed by atoms with Crippen molar-refractivity contribution >= 4 is 11.6 Å². The van der Waals surface area contributed by atoms with E-state index in [-0.39, 0.29) is 23.0 Å². The fourth-order valence-corrected chi connectivity index (χ4v) is 2.04. The smallest absolute Gasteiger partial charge is 0.220 e. The lowest BCUT2D eigenvalue weighted by atomic mass is 10.1. The van der Waals surface area contributed by atoms with Gasteiger partial charge in [0, 0.05) is 17.4 Å². The van der Waals surface area contributed by atoms with Gasteiger partial charge in [-0.1, -0.05) is 0 Å². The van der Waals surface area contributed by atoms with E-state index in [1.165, 1.54) is 30.5 Å². The average molecular weight is 297 g/mol. The molecule has 0 saturated heterocycles. The highest BCUT2D eigenvalue weighted by molar-refractivity contribution is 5.70. The van der Waals surface area contributed by atoms with Crippen LogP contribution in [0, 0.1) is 5.82 Å². The third kappa shape index (κ3) is 2.51. The Morgan fingerprint density at radius 1 is 0.955 bits per heavy atom. The molecule has 0 amide bonds. The molecule has 110 valence electrons. The highest BCUT2D eigenvalue weighted by Crippen LogP contribution is 2.30. The highest BCUT2D eigenvalue weighted by atomic mass is 19.1. The molecule has 0 atom stereocenters. The first-order chi connectivity index (χ1) is 10.5. The second-order valence-electron chi connectivity index (χ2n) is 4.60. The van der Waals surface area contributed by atoms with E-state index in [2.05, 4.69) is 15.0 Å². The molecule has 3 aromatic rings. The van der Waals surface area contributed by atoms with E-state index in [1.54, 1.807) is 12.1 Å². The van der Waals surface area contributed by atoms with Crippen LogP contribution in [0.5, 0.6) is 5.75 Å². The van der Waals surface area contributed by atoms with Crippen LogP contribution in [-0.4, -0.2) is 20.1 Å². The summed E-state index contributed by atoms with van der Waals surface area (Å²) < 4.78 is 14.0. The first kappa shape index (κ1) is 13.7. The summed E-state index contributed by atoms with van der Waals surface area (Å²) >= 11 is 0. The molecule has 6 nitrogen and oxygen atoms in total. The Morgan fingerprint density at radius 2 is 1.77 bits per heavy atom. The molecule has 0 saturated carbocycles. The van der Waals surface area contributed by atoms with Crippen LogP contribution in [0.2, 0.25) is 0 Å². The van der Waals surface area contributed by atoms with Crippen LogP contribution in [0.4, 0.5) is 16.0 Å². The lowest BCUT2D eigenvalue weighted by Gasteiger charge is -2.08. The average Bonchev–Trinajstić information content (AvgIpc) is 2.48. The maximum atomic E-state index is 14.0. The van der Waals surface area contributed by atoms with E-state index in [1.807, 2.05) is 0 Å². The summed E-state index contributed by atoms with van der Waals surface area (Å²) in [5.74, 6) is -0.521. The zero-order chi connectivity index (χ0) is 15.7. The van der Waals surface area contributed by atoms with Crippen LogP contribution < -0.4 is 11.5 Å². The number of nitrogens with zero attached hydrogens (tertiary/aromatic N) is 3. The third-order valence-corrected chi connectivity index (χ3v) is 3.06. The minimum absolute atomic E-state index is 0.0581. The van der Waals surface area contributed by atoms with Gasteiger partial charge in [0.05, 0.1) is 11.4 Å². The quantitative estimate of drug-likeness (QED) is 0.625. The Labute approximate surface area is 125 Å². The van der Waals surface area contributed by atoms with Gasteiger partial charge >= 0.3 is 0 Å². The number of aromatic nitrogens is 3. The normalized spacial score (nSPS) is 10.6. The van der Waals surface area contributed by atoms with Crippen LogP contribution in [-0.2, 0) is 0 Å². The Hall–Kier alpha value is -3.22. The van der Waals surface area contributed by atoms with Crippen LogP contribution >= 0.6 is 0 Å². The molecule has 5 N–H and O–H groups in total. The monoisotopic (exact) mass is 297 g/mol. The molecule has 0 bridgehead atoms. The van der Waals surface area contributed by atoms with Crippen molar-refractivity contribution in [3.05, 3.63) is 48.4 Å². The van der Waals surface area contributed by atoms with E-state index in [9.17, 15) is 9.50 Å². The number of hydrogen-bond acceptors (Lipinski definition) is 6. The molecule has 7 heteroatoms. The minimum Gasteiger partial charge on any atom is -0.506 e. The lowest BCUT2D eigenvalue weighted by Crippen LogP contribution is -1.98. The Bertz CT molecular complexity index is 853. The summed E-state index contributed by atoms with van der Waals surface area (Å²) in [6.07, 6.45) is 1.45. The van der Waals surface area contributed by atoms with Gasteiger partial charge in [-0.2, -0.15) is 0 Å². The molecule has 0 fully saturated rings.